The van der Waals surface area contributed by atoms with E-state index in [1.54, 1.807) is 0 Å². The second kappa shape index (κ2) is 5.32. The van der Waals surface area contributed by atoms with Crippen LogP contribution in [0.1, 0.15) is 44.7 Å². The molecule has 0 aliphatic carbocycles. The number of benzene rings is 1. The summed E-state index contributed by atoms with van der Waals surface area (Å²) in [4.78, 5) is 0. The average molecular weight is 205 g/mol. The lowest BCUT2D eigenvalue weighted by Gasteiger charge is -2.34. The maximum absolute atomic E-state index is 3.51. The van der Waals surface area contributed by atoms with Gasteiger partial charge in [0.2, 0.25) is 0 Å². The van der Waals surface area contributed by atoms with E-state index in [0.717, 1.165) is 19.3 Å². The first-order chi connectivity index (χ1) is 7.24. The van der Waals surface area contributed by atoms with Crippen LogP contribution >= 0.6 is 0 Å². The first-order valence-corrected chi connectivity index (χ1v) is 6.01. The molecule has 1 nitrogen and oxygen atoms in total. The molecule has 1 aromatic carbocycles. The molecule has 1 heteroatoms. The van der Waals surface area contributed by atoms with Crippen LogP contribution in [0.5, 0.6) is 0 Å². The minimum Gasteiger partial charge on any atom is -0.310 e. The summed E-state index contributed by atoms with van der Waals surface area (Å²) in [5.74, 6) is 0. The van der Waals surface area contributed by atoms with E-state index in [0.29, 0.717) is 0 Å². The lowest BCUT2D eigenvalue weighted by Crippen LogP contribution is -2.39. The Morgan fingerprint density at radius 1 is 1.07 bits per heavy atom. The van der Waals surface area contributed by atoms with Gasteiger partial charge in [0.1, 0.15) is 0 Å². The van der Waals surface area contributed by atoms with Crippen molar-refractivity contribution < 1.29 is 0 Å². The zero-order chi connectivity index (χ0) is 11.3. The highest BCUT2D eigenvalue weighted by Crippen LogP contribution is 2.30. The average Bonchev–Trinajstić information content (AvgIpc) is 2.33. The zero-order valence-corrected chi connectivity index (χ0v) is 10.4. The SMILES string of the molecule is CCc1ccccc1C(CC)(CC)NC. The highest BCUT2D eigenvalue weighted by Gasteiger charge is 2.27. The molecule has 0 aromatic heterocycles. The van der Waals surface area contributed by atoms with E-state index in [4.69, 9.17) is 0 Å². The summed E-state index contributed by atoms with van der Waals surface area (Å²) in [5.41, 5.74) is 3.10. The van der Waals surface area contributed by atoms with Crippen LogP contribution in [-0.2, 0) is 12.0 Å². The van der Waals surface area contributed by atoms with Gasteiger partial charge in [-0.05, 0) is 37.4 Å². The van der Waals surface area contributed by atoms with E-state index in [2.05, 4.69) is 57.4 Å². The van der Waals surface area contributed by atoms with Gasteiger partial charge in [-0.2, -0.15) is 0 Å². The molecule has 1 N–H and O–H groups in total. The smallest absolute Gasteiger partial charge is 0.0429 e. The molecule has 0 saturated carbocycles. The van der Waals surface area contributed by atoms with E-state index >= 15 is 0 Å². The van der Waals surface area contributed by atoms with Gasteiger partial charge in [-0.25, -0.2) is 0 Å². The first kappa shape index (κ1) is 12.3. The Morgan fingerprint density at radius 2 is 1.67 bits per heavy atom. The topological polar surface area (TPSA) is 12.0 Å². The molecule has 0 bridgehead atoms. The fourth-order valence-corrected chi connectivity index (χ4v) is 2.41. The van der Waals surface area contributed by atoms with Crippen molar-refractivity contribution >= 4 is 0 Å². The van der Waals surface area contributed by atoms with E-state index in [-0.39, 0.29) is 5.54 Å². The molecule has 84 valence electrons. The van der Waals surface area contributed by atoms with Crippen molar-refractivity contribution in [3.8, 4) is 0 Å². The second-order valence-electron chi connectivity index (χ2n) is 4.05. The highest BCUT2D eigenvalue weighted by molar-refractivity contribution is 5.33. The monoisotopic (exact) mass is 205 g/mol. The standard InChI is InChI=1S/C14H23N/c1-5-12-10-8-9-11-13(12)14(6-2,7-3)15-4/h8-11,15H,5-7H2,1-4H3. The molecular formula is C14H23N. The molecule has 0 amide bonds. The van der Waals surface area contributed by atoms with Gasteiger partial charge in [0.15, 0.2) is 0 Å². The van der Waals surface area contributed by atoms with Crippen LogP contribution in [0.25, 0.3) is 0 Å². The fourth-order valence-electron chi connectivity index (χ4n) is 2.41. The van der Waals surface area contributed by atoms with Gasteiger partial charge >= 0.3 is 0 Å². The quantitative estimate of drug-likeness (QED) is 0.776. The summed E-state index contributed by atoms with van der Waals surface area (Å²) in [6, 6.07) is 8.79. The third kappa shape index (κ3) is 2.23. The number of nitrogens with one attached hydrogen (secondary N) is 1. The van der Waals surface area contributed by atoms with Gasteiger partial charge in [-0.1, -0.05) is 45.0 Å². The second-order valence-corrected chi connectivity index (χ2v) is 4.05. The van der Waals surface area contributed by atoms with Crippen molar-refractivity contribution in [1.82, 2.24) is 5.32 Å². The van der Waals surface area contributed by atoms with E-state index < -0.39 is 0 Å². The minimum atomic E-state index is 0.159. The predicted octanol–water partition coefficient (Wildman–Crippen LogP) is 3.48. The van der Waals surface area contributed by atoms with Gasteiger partial charge in [0, 0.05) is 5.54 Å². The minimum absolute atomic E-state index is 0.159. The molecule has 1 aromatic rings. The van der Waals surface area contributed by atoms with Crippen molar-refractivity contribution in [3.05, 3.63) is 35.4 Å². The summed E-state index contributed by atoms with van der Waals surface area (Å²) in [6.07, 6.45) is 3.38. The predicted molar refractivity (Wildman–Crippen MR) is 67.1 cm³/mol. The van der Waals surface area contributed by atoms with Crippen LogP contribution in [0.4, 0.5) is 0 Å². The normalized spacial score (nSPS) is 11.7. The molecule has 0 atom stereocenters. The number of aryl methyl sites for hydroxylation is 1. The van der Waals surface area contributed by atoms with Crippen molar-refractivity contribution in [1.29, 1.82) is 0 Å². The molecule has 0 unspecified atom stereocenters. The molecule has 0 fully saturated rings. The Hall–Kier alpha value is -0.820. The summed E-state index contributed by atoms with van der Waals surface area (Å²) in [5, 5.41) is 3.51. The van der Waals surface area contributed by atoms with Crippen molar-refractivity contribution in [2.24, 2.45) is 0 Å². The number of rotatable bonds is 5. The maximum Gasteiger partial charge on any atom is 0.0429 e. The van der Waals surface area contributed by atoms with Gasteiger partial charge in [-0.3, -0.25) is 0 Å². The lowest BCUT2D eigenvalue weighted by molar-refractivity contribution is 0.332. The number of hydrogen-bond acceptors (Lipinski definition) is 1. The first-order valence-electron chi connectivity index (χ1n) is 6.01. The largest absolute Gasteiger partial charge is 0.310 e. The van der Waals surface area contributed by atoms with Crippen LogP contribution in [0.15, 0.2) is 24.3 Å². The maximum atomic E-state index is 3.51. The summed E-state index contributed by atoms with van der Waals surface area (Å²) in [7, 11) is 2.07. The van der Waals surface area contributed by atoms with Crippen molar-refractivity contribution in [2.75, 3.05) is 7.05 Å². The van der Waals surface area contributed by atoms with Crippen molar-refractivity contribution in [3.63, 3.8) is 0 Å². The third-order valence-corrected chi connectivity index (χ3v) is 3.60. The van der Waals surface area contributed by atoms with Gasteiger partial charge < -0.3 is 5.32 Å². The van der Waals surface area contributed by atoms with Gasteiger partial charge in [0.25, 0.3) is 0 Å². The Morgan fingerprint density at radius 3 is 2.13 bits per heavy atom. The van der Waals surface area contributed by atoms with Gasteiger partial charge in [0.05, 0.1) is 0 Å². The molecule has 0 aliphatic heterocycles. The zero-order valence-electron chi connectivity index (χ0n) is 10.4. The molecule has 15 heavy (non-hydrogen) atoms. The lowest BCUT2D eigenvalue weighted by atomic mass is 9.81. The molecule has 0 heterocycles. The van der Waals surface area contributed by atoms with Crippen LogP contribution in [0, 0.1) is 0 Å². The summed E-state index contributed by atoms with van der Waals surface area (Å²) >= 11 is 0. The molecule has 0 saturated heterocycles. The Labute approximate surface area is 93.9 Å². The van der Waals surface area contributed by atoms with Crippen LogP contribution < -0.4 is 5.32 Å². The molecule has 1 rings (SSSR count). The summed E-state index contributed by atoms with van der Waals surface area (Å²) < 4.78 is 0. The van der Waals surface area contributed by atoms with Crippen LogP contribution in [0.3, 0.4) is 0 Å². The Bertz CT molecular complexity index is 292. The highest BCUT2D eigenvalue weighted by atomic mass is 14.9. The number of hydrogen-bond donors (Lipinski definition) is 1. The molecule has 0 spiro atoms. The summed E-state index contributed by atoms with van der Waals surface area (Å²) in [6.45, 7) is 6.74. The molecular weight excluding hydrogens is 182 g/mol. The van der Waals surface area contributed by atoms with Gasteiger partial charge in [-0.15, -0.1) is 0 Å². The van der Waals surface area contributed by atoms with E-state index in [1.807, 2.05) is 0 Å². The van der Waals surface area contributed by atoms with E-state index in [1.165, 1.54) is 11.1 Å². The third-order valence-electron chi connectivity index (χ3n) is 3.60. The Balaban J connectivity index is 3.21. The fraction of sp³-hybridized carbons (Fsp3) is 0.571. The van der Waals surface area contributed by atoms with Crippen LogP contribution in [0.2, 0.25) is 0 Å². The van der Waals surface area contributed by atoms with E-state index in [9.17, 15) is 0 Å². The Kier molecular flexibility index (Phi) is 4.34. The molecule has 0 radical (unpaired) electrons. The molecule has 0 aliphatic rings. The van der Waals surface area contributed by atoms with Crippen LogP contribution in [-0.4, -0.2) is 7.05 Å². The van der Waals surface area contributed by atoms with Crippen molar-refractivity contribution in [2.45, 2.75) is 45.6 Å².